The summed E-state index contributed by atoms with van der Waals surface area (Å²) in [6.45, 7) is 0.822. The van der Waals surface area contributed by atoms with Gasteiger partial charge in [-0.25, -0.2) is 0 Å². The van der Waals surface area contributed by atoms with Crippen molar-refractivity contribution >= 4 is 0 Å². The number of likely N-dealkylation sites (N-methyl/N-ethyl adjacent to an activating group) is 1. The summed E-state index contributed by atoms with van der Waals surface area (Å²) in [5, 5.41) is 10.1. The molecular formula is C14H22N2O. The van der Waals surface area contributed by atoms with Crippen LogP contribution in [0, 0.1) is 0 Å². The van der Waals surface area contributed by atoms with Crippen molar-refractivity contribution in [2.45, 2.75) is 50.8 Å². The van der Waals surface area contributed by atoms with Gasteiger partial charge in [0.15, 0.2) is 0 Å². The van der Waals surface area contributed by atoms with Crippen LogP contribution in [-0.4, -0.2) is 34.2 Å². The van der Waals surface area contributed by atoms with Crippen LogP contribution < -0.4 is 0 Å². The molecule has 0 radical (unpaired) electrons. The molecule has 3 nitrogen and oxygen atoms in total. The SMILES string of the molecule is CN(Cc1ccccn1)C1CCCCCC1O. The Morgan fingerprint density at radius 3 is 2.88 bits per heavy atom. The van der Waals surface area contributed by atoms with Gasteiger partial charge in [-0.1, -0.05) is 25.3 Å². The highest BCUT2D eigenvalue weighted by atomic mass is 16.3. The van der Waals surface area contributed by atoms with Crippen molar-refractivity contribution in [1.82, 2.24) is 9.88 Å². The van der Waals surface area contributed by atoms with Crippen molar-refractivity contribution in [2.75, 3.05) is 7.05 Å². The van der Waals surface area contributed by atoms with Crippen LogP contribution in [-0.2, 0) is 6.54 Å². The maximum Gasteiger partial charge on any atom is 0.0695 e. The molecule has 94 valence electrons. The molecule has 1 aromatic rings. The normalized spacial score (nSPS) is 25.8. The minimum atomic E-state index is -0.175. The molecule has 0 spiro atoms. The molecule has 1 saturated carbocycles. The van der Waals surface area contributed by atoms with Gasteiger partial charge in [0, 0.05) is 18.8 Å². The molecule has 0 saturated heterocycles. The summed E-state index contributed by atoms with van der Waals surface area (Å²) in [6.07, 6.45) is 7.34. The lowest BCUT2D eigenvalue weighted by molar-refractivity contribution is 0.0538. The number of rotatable bonds is 3. The Morgan fingerprint density at radius 2 is 2.12 bits per heavy atom. The lowest BCUT2D eigenvalue weighted by atomic mass is 10.0. The van der Waals surface area contributed by atoms with Crippen LogP contribution in [0.15, 0.2) is 24.4 Å². The zero-order chi connectivity index (χ0) is 12.1. The molecule has 1 aliphatic rings. The number of aromatic nitrogens is 1. The minimum Gasteiger partial charge on any atom is -0.391 e. The fourth-order valence-electron chi connectivity index (χ4n) is 2.65. The van der Waals surface area contributed by atoms with Crippen LogP contribution >= 0.6 is 0 Å². The van der Waals surface area contributed by atoms with Crippen LogP contribution in [0.4, 0.5) is 0 Å². The van der Waals surface area contributed by atoms with E-state index in [0.717, 1.165) is 31.5 Å². The Morgan fingerprint density at radius 1 is 1.29 bits per heavy atom. The molecule has 17 heavy (non-hydrogen) atoms. The second-order valence-electron chi connectivity index (χ2n) is 5.01. The summed E-state index contributed by atoms with van der Waals surface area (Å²) in [6, 6.07) is 6.28. The summed E-state index contributed by atoms with van der Waals surface area (Å²) in [5.41, 5.74) is 1.08. The van der Waals surface area contributed by atoms with E-state index in [-0.39, 0.29) is 6.10 Å². The fourth-order valence-corrected chi connectivity index (χ4v) is 2.65. The van der Waals surface area contributed by atoms with Gasteiger partial charge in [-0.3, -0.25) is 9.88 Å². The highest BCUT2D eigenvalue weighted by molar-refractivity contribution is 5.03. The standard InChI is InChI=1S/C14H22N2O/c1-16(11-12-7-5-6-10-15-12)13-8-3-2-4-9-14(13)17/h5-7,10,13-14,17H,2-4,8-9,11H2,1H3. The molecule has 0 amide bonds. The van der Waals surface area contributed by atoms with Crippen LogP contribution in [0.25, 0.3) is 0 Å². The molecule has 1 aromatic heterocycles. The van der Waals surface area contributed by atoms with Gasteiger partial charge in [0.2, 0.25) is 0 Å². The van der Waals surface area contributed by atoms with Gasteiger partial charge in [0.25, 0.3) is 0 Å². The van der Waals surface area contributed by atoms with Gasteiger partial charge < -0.3 is 5.11 Å². The third-order valence-electron chi connectivity index (χ3n) is 3.65. The van der Waals surface area contributed by atoms with Gasteiger partial charge >= 0.3 is 0 Å². The molecule has 0 aromatic carbocycles. The lowest BCUT2D eigenvalue weighted by Gasteiger charge is -2.30. The number of hydrogen-bond donors (Lipinski definition) is 1. The third-order valence-corrected chi connectivity index (χ3v) is 3.65. The van der Waals surface area contributed by atoms with E-state index >= 15 is 0 Å². The predicted octanol–water partition coefficient (Wildman–Crippen LogP) is 2.21. The molecule has 1 heterocycles. The van der Waals surface area contributed by atoms with Gasteiger partial charge in [-0.2, -0.15) is 0 Å². The molecular weight excluding hydrogens is 212 g/mol. The number of aliphatic hydroxyl groups excluding tert-OH is 1. The van der Waals surface area contributed by atoms with E-state index in [2.05, 4.69) is 16.9 Å². The van der Waals surface area contributed by atoms with E-state index in [1.807, 2.05) is 24.4 Å². The topological polar surface area (TPSA) is 36.4 Å². The highest BCUT2D eigenvalue weighted by Crippen LogP contribution is 2.22. The minimum absolute atomic E-state index is 0.175. The Balaban J connectivity index is 1.96. The molecule has 0 aliphatic heterocycles. The quantitative estimate of drug-likeness (QED) is 0.815. The van der Waals surface area contributed by atoms with Crippen LogP contribution in [0.1, 0.15) is 37.8 Å². The molecule has 1 N–H and O–H groups in total. The summed E-state index contributed by atoms with van der Waals surface area (Å²) in [7, 11) is 2.09. The zero-order valence-corrected chi connectivity index (χ0v) is 10.5. The number of nitrogens with zero attached hydrogens (tertiary/aromatic N) is 2. The van der Waals surface area contributed by atoms with E-state index in [1.54, 1.807) is 0 Å². The van der Waals surface area contributed by atoms with E-state index < -0.39 is 0 Å². The number of aliphatic hydroxyl groups is 1. The second-order valence-corrected chi connectivity index (χ2v) is 5.01. The zero-order valence-electron chi connectivity index (χ0n) is 10.5. The molecule has 2 atom stereocenters. The number of hydrogen-bond acceptors (Lipinski definition) is 3. The average Bonchev–Trinajstić information content (AvgIpc) is 2.55. The second kappa shape index (κ2) is 6.12. The van der Waals surface area contributed by atoms with Crippen LogP contribution in [0.3, 0.4) is 0 Å². The smallest absolute Gasteiger partial charge is 0.0695 e. The maximum absolute atomic E-state index is 10.1. The van der Waals surface area contributed by atoms with Crippen molar-refractivity contribution in [1.29, 1.82) is 0 Å². The van der Waals surface area contributed by atoms with Crippen LogP contribution in [0.2, 0.25) is 0 Å². The summed E-state index contributed by atoms with van der Waals surface area (Å²) >= 11 is 0. The van der Waals surface area contributed by atoms with E-state index in [9.17, 15) is 5.11 Å². The van der Waals surface area contributed by atoms with Crippen molar-refractivity contribution in [3.63, 3.8) is 0 Å². The first kappa shape index (κ1) is 12.5. The van der Waals surface area contributed by atoms with Gasteiger partial charge in [0.1, 0.15) is 0 Å². The molecule has 0 bridgehead atoms. The number of pyridine rings is 1. The Labute approximate surface area is 103 Å². The first-order chi connectivity index (χ1) is 8.27. The molecule has 2 rings (SSSR count). The fraction of sp³-hybridized carbons (Fsp3) is 0.643. The first-order valence-corrected chi connectivity index (χ1v) is 6.55. The average molecular weight is 234 g/mol. The largest absolute Gasteiger partial charge is 0.391 e. The van der Waals surface area contributed by atoms with Crippen molar-refractivity contribution < 1.29 is 5.11 Å². The van der Waals surface area contributed by atoms with E-state index in [0.29, 0.717) is 6.04 Å². The van der Waals surface area contributed by atoms with Crippen molar-refractivity contribution in [3.8, 4) is 0 Å². The van der Waals surface area contributed by atoms with E-state index in [4.69, 9.17) is 0 Å². The van der Waals surface area contributed by atoms with Crippen LogP contribution in [0.5, 0.6) is 0 Å². The van der Waals surface area contributed by atoms with Crippen molar-refractivity contribution in [2.24, 2.45) is 0 Å². The molecule has 1 aliphatic carbocycles. The van der Waals surface area contributed by atoms with Gasteiger partial charge in [-0.05, 0) is 32.0 Å². The summed E-state index contributed by atoms with van der Waals surface area (Å²) < 4.78 is 0. The molecule has 3 heteroatoms. The lowest BCUT2D eigenvalue weighted by Crippen LogP contribution is -2.40. The third kappa shape index (κ3) is 3.51. The maximum atomic E-state index is 10.1. The Hall–Kier alpha value is -0.930. The predicted molar refractivity (Wildman–Crippen MR) is 68.6 cm³/mol. The summed E-state index contributed by atoms with van der Waals surface area (Å²) in [5.74, 6) is 0. The molecule has 1 fully saturated rings. The molecule has 2 unspecified atom stereocenters. The van der Waals surface area contributed by atoms with Crippen molar-refractivity contribution in [3.05, 3.63) is 30.1 Å². The van der Waals surface area contributed by atoms with E-state index in [1.165, 1.54) is 12.8 Å². The highest BCUT2D eigenvalue weighted by Gasteiger charge is 2.25. The Kier molecular flexibility index (Phi) is 4.51. The summed E-state index contributed by atoms with van der Waals surface area (Å²) in [4.78, 5) is 6.59. The van der Waals surface area contributed by atoms with Gasteiger partial charge in [0.05, 0.1) is 11.8 Å². The first-order valence-electron chi connectivity index (χ1n) is 6.55. The monoisotopic (exact) mass is 234 g/mol. The Bertz CT molecular complexity index is 328. The van der Waals surface area contributed by atoms with Gasteiger partial charge in [-0.15, -0.1) is 0 Å².